The van der Waals surface area contributed by atoms with E-state index in [4.69, 9.17) is 4.74 Å². The van der Waals surface area contributed by atoms with Crippen molar-refractivity contribution in [2.75, 3.05) is 11.9 Å². The molecule has 0 spiro atoms. The van der Waals surface area contributed by atoms with E-state index >= 15 is 0 Å². The number of alkyl halides is 1. The summed E-state index contributed by atoms with van der Waals surface area (Å²) in [6.07, 6.45) is 1.56. The van der Waals surface area contributed by atoms with Gasteiger partial charge in [0.2, 0.25) is 0 Å². The fourth-order valence-corrected chi connectivity index (χ4v) is 2.22. The van der Waals surface area contributed by atoms with Gasteiger partial charge in [-0.15, -0.1) is 0 Å². The highest BCUT2D eigenvalue weighted by Gasteiger charge is 2.25. The molecule has 1 aliphatic rings. The molecule has 0 bridgehead atoms. The van der Waals surface area contributed by atoms with Gasteiger partial charge in [0.05, 0.1) is 12.7 Å². The van der Waals surface area contributed by atoms with E-state index in [0.29, 0.717) is 12.0 Å². The maximum absolute atomic E-state index is 5.62. The second kappa shape index (κ2) is 4.25. The predicted molar refractivity (Wildman–Crippen MR) is 57.3 cm³/mol. The maximum atomic E-state index is 5.62. The lowest BCUT2D eigenvalue weighted by atomic mass is 9.97. The smallest absolute Gasteiger partial charge is 0.0678 e. The van der Waals surface area contributed by atoms with Crippen LogP contribution in [0, 0.1) is 0 Å². The van der Waals surface area contributed by atoms with Crippen LogP contribution in [0.2, 0.25) is 0 Å². The van der Waals surface area contributed by atoms with Gasteiger partial charge in [-0.1, -0.05) is 46.3 Å². The summed E-state index contributed by atoms with van der Waals surface area (Å²) in [5, 5.41) is 0.955. The lowest BCUT2D eigenvalue weighted by Gasteiger charge is -2.06. The van der Waals surface area contributed by atoms with Crippen molar-refractivity contribution >= 4 is 15.9 Å². The van der Waals surface area contributed by atoms with Crippen molar-refractivity contribution in [3.05, 3.63) is 35.9 Å². The van der Waals surface area contributed by atoms with Gasteiger partial charge >= 0.3 is 0 Å². The minimum atomic E-state index is 0.408. The van der Waals surface area contributed by atoms with Gasteiger partial charge in [0.25, 0.3) is 0 Å². The van der Waals surface area contributed by atoms with Gasteiger partial charge in [-0.2, -0.15) is 0 Å². The average Bonchev–Trinajstić information content (AvgIpc) is 2.67. The van der Waals surface area contributed by atoms with Crippen LogP contribution >= 0.6 is 15.9 Å². The van der Waals surface area contributed by atoms with Gasteiger partial charge in [-0.3, -0.25) is 0 Å². The van der Waals surface area contributed by atoms with Crippen molar-refractivity contribution in [3.63, 3.8) is 0 Å². The molecule has 0 radical (unpaired) electrons. The molecule has 0 saturated carbocycles. The van der Waals surface area contributed by atoms with Crippen LogP contribution in [-0.2, 0) is 4.74 Å². The molecule has 1 heterocycles. The first-order chi connectivity index (χ1) is 6.40. The molecule has 0 aliphatic carbocycles. The molecular formula is C11H13BrO. The summed E-state index contributed by atoms with van der Waals surface area (Å²) in [5.41, 5.74) is 1.41. The van der Waals surface area contributed by atoms with Crippen molar-refractivity contribution in [2.24, 2.45) is 0 Å². The number of benzene rings is 1. The summed E-state index contributed by atoms with van der Waals surface area (Å²) >= 11 is 3.45. The lowest BCUT2D eigenvalue weighted by molar-refractivity contribution is 0.127. The minimum Gasteiger partial charge on any atom is -0.377 e. The molecule has 0 N–H and O–H groups in total. The Hall–Kier alpha value is -0.340. The summed E-state index contributed by atoms with van der Waals surface area (Å²) in [4.78, 5) is 0. The van der Waals surface area contributed by atoms with Crippen molar-refractivity contribution in [1.29, 1.82) is 0 Å². The number of ether oxygens (including phenoxy) is 1. The standard InChI is InChI=1S/C11H13BrO/c12-7-11-6-10(8-13-11)9-4-2-1-3-5-9/h1-5,10-11H,6-8H2/t10-,11-/m1/s1. The van der Waals surface area contributed by atoms with E-state index in [1.165, 1.54) is 5.56 Å². The van der Waals surface area contributed by atoms with Gasteiger partial charge in [-0.25, -0.2) is 0 Å². The third kappa shape index (κ3) is 2.12. The van der Waals surface area contributed by atoms with Crippen molar-refractivity contribution in [3.8, 4) is 0 Å². The molecule has 0 amide bonds. The molecule has 1 fully saturated rings. The molecule has 1 saturated heterocycles. The van der Waals surface area contributed by atoms with E-state index in [2.05, 4.69) is 46.3 Å². The molecule has 1 aromatic carbocycles. The molecule has 2 heteroatoms. The third-order valence-corrected chi connectivity index (χ3v) is 3.25. The van der Waals surface area contributed by atoms with E-state index < -0.39 is 0 Å². The minimum absolute atomic E-state index is 0.408. The van der Waals surface area contributed by atoms with Crippen LogP contribution in [0.5, 0.6) is 0 Å². The maximum Gasteiger partial charge on any atom is 0.0678 e. The Labute approximate surface area is 87.2 Å². The number of hydrogen-bond donors (Lipinski definition) is 0. The number of halogens is 1. The van der Waals surface area contributed by atoms with Crippen molar-refractivity contribution in [2.45, 2.75) is 18.4 Å². The predicted octanol–water partition coefficient (Wildman–Crippen LogP) is 2.95. The first-order valence-corrected chi connectivity index (χ1v) is 5.75. The van der Waals surface area contributed by atoms with E-state index in [-0.39, 0.29) is 0 Å². The summed E-state index contributed by atoms with van der Waals surface area (Å²) in [6, 6.07) is 10.6. The zero-order valence-electron chi connectivity index (χ0n) is 7.45. The summed E-state index contributed by atoms with van der Waals surface area (Å²) in [5.74, 6) is 0.601. The number of hydrogen-bond acceptors (Lipinski definition) is 1. The largest absolute Gasteiger partial charge is 0.377 e. The molecule has 1 nitrogen and oxygen atoms in total. The highest BCUT2D eigenvalue weighted by Crippen LogP contribution is 2.29. The second-order valence-corrected chi connectivity index (χ2v) is 4.10. The Morgan fingerprint density at radius 2 is 2.08 bits per heavy atom. The fraction of sp³-hybridized carbons (Fsp3) is 0.455. The Morgan fingerprint density at radius 1 is 1.31 bits per heavy atom. The van der Waals surface area contributed by atoms with E-state index in [9.17, 15) is 0 Å². The summed E-state index contributed by atoms with van der Waals surface area (Å²) < 4.78 is 5.62. The number of rotatable bonds is 2. The first-order valence-electron chi connectivity index (χ1n) is 4.62. The fourth-order valence-electron chi connectivity index (χ4n) is 1.77. The van der Waals surface area contributed by atoms with Crippen LogP contribution in [0.4, 0.5) is 0 Å². The molecule has 2 rings (SSSR count). The SMILES string of the molecule is BrC[C@H]1C[C@@H](c2ccccc2)CO1. The van der Waals surface area contributed by atoms with E-state index in [1.54, 1.807) is 0 Å². The van der Waals surface area contributed by atoms with Gasteiger partial charge in [0, 0.05) is 11.2 Å². The van der Waals surface area contributed by atoms with Crippen LogP contribution in [-0.4, -0.2) is 18.0 Å². The summed E-state index contributed by atoms with van der Waals surface area (Å²) in [7, 11) is 0. The van der Waals surface area contributed by atoms with Crippen LogP contribution in [0.25, 0.3) is 0 Å². The Morgan fingerprint density at radius 3 is 2.69 bits per heavy atom. The van der Waals surface area contributed by atoms with Gasteiger partial charge in [0.1, 0.15) is 0 Å². The van der Waals surface area contributed by atoms with Crippen LogP contribution in [0.15, 0.2) is 30.3 Å². The Bertz CT molecular complexity index is 260. The quantitative estimate of drug-likeness (QED) is 0.723. The van der Waals surface area contributed by atoms with Crippen molar-refractivity contribution in [1.82, 2.24) is 0 Å². The van der Waals surface area contributed by atoms with Crippen molar-refractivity contribution < 1.29 is 4.74 Å². The topological polar surface area (TPSA) is 9.23 Å². The molecular weight excluding hydrogens is 228 g/mol. The Balaban J connectivity index is 2.04. The van der Waals surface area contributed by atoms with Crippen LogP contribution in [0.3, 0.4) is 0 Å². The normalized spacial score (nSPS) is 27.8. The molecule has 1 aliphatic heterocycles. The monoisotopic (exact) mass is 240 g/mol. The molecule has 0 aromatic heterocycles. The average molecular weight is 241 g/mol. The lowest BCUT2D eigenvalue weighted by Crippen LogP contribution is -2.05. The Kier molecular flexibility index (Phi) is 3.01. The third-order valence-electron chi connectivity index (χ3n) is 2.52. The molecule has 1 aromatic rings. The second-order valence-electron chi connectivity index (χ2n) is 3.45. The van der Waals surface area contributed by atoms with Gasteiger partial charge in [-0.05, 0) is 12.0 Å². The molecule has 2 atom stereocenters. The first kappa shape index (κ1) is 9.22. The highest BCUT2D eigenvalue weighted by molar-refractivity contribution is 9.09. The summed E-state index contributed by atoms with van der Waals surface area (Å²) in [6.45, 7) is 0.875. The molecule has 0 unspecified atom stereocenters. The van der Waals surface area contributed by atoms with Gasteiger partial charge < -0.3 is 4.74 Å². The van der Waals surface area contributed by atoms with Gasteiger partial charge in [0.15, 0.2) is 0 Å². The van der Waals surface area contributed by atoms with Crippen LogP contribution < -0.4 is 0 Å². The van der Waals surface area contributed by atoms with E-state index in [0.717, 1.165) is 18.4 Å². The zero-order chi connectivity index (χ0) is 9.10. The van der Waals surface area contributed by atoms with E-state index in [1.807, 2.05) is 0 Å². The highest BCUT2D eigenvalue weighted by atomic mass is 79.9. The van der Waals surface area contributed by atoms with Crippen LogP contribution in [0.1, 0.15) is 17.9 Å². The molecule has 13 heavy (non-hydrogen) atoms. The molecule has 70 valence electrons. The zero-order valence-corrected chi connectivity index (χ0v) is 9.03.